The molecular formula is C27H35N3O3S. The van der Waals surface area contributed by atoms with Crippen LogP contribution in [0.2, 0.25) is 0 Å². The van der Waals surface area contributed by atoms with Crippen molar-refractivity contribution in [2.75, 3.05) is 20.3 Å². The highest BCUT2D eigenvalue weighted by Gasteiger charge is 2.32. The third-order valence-corrected chi connectivity index (χ3v) is 6.54. The SMILES string of the molecule is CCCCCCCCOc1ccc(/C=C2\S/C(=N/c3cccc(C)n3)N(CC)C2=O)cc1OC. The number of carbonyl (C=O) groups is 1. The number of hydrogen-bond donors (Lipinski definition) is 0. The van der Waals surface area contributed by atoms with E-state index in [9.17, 15) is 4.79 Å². The number of benzene rings is 1. The first-order valence-electron chi connectivity index (χ1n) is 12.1. The van der Waals surface area contributed by atoms with Crippen LogP contribution >= 0.6 is 11.8 Å². The zero-order valence-corrected chi connectivity index (χ0v) is 21.5. The molecule has 1 fully saturated rings. The average Bonchev–Trinajstić information content (AvgIpc) is 3.12. The Balaban J connectivity index is 1.69. The Kier molecular flexibility index (Phi) is 10.0. The van der Waals surface area contributed by atoms with E-state index in [0.29, 0.717) is 34.8 Å². The molecule has 1 aliphatic heterocycles. The monoisotopic (exact) mass is 481 g/mol. The lowest BCUT2D eigenvalue weighted by Crippen LogP contribution is -2.28. The molecule has 0 unspecified atom stereocenters. The van der Waals surface area contributed by atoms with Crippen molar-refractivity contribution in [3.05, 3.63) is 52.6 Å². The van der Waals surface area contributed by atoms with Crippen LogP contribution in [-0.4, -0.2) is 41.2 Å². The lowest BCUT2D eigenvalue weighted by Gasteiger charge is -2.12. The van der Waals surface area contributed by atoms with E-state index in [-0.39, 0.29) is 5.91 Å². The van der Waals surface area contributed by atoms with Crippen molar-refractivity contribution in [2.24, 2.45) is 4.99 Å². The van der Waals surface area contributed by atoms with E-state index >= 15 is 0 Å². The van der Waals surface area contributed by atoms with Crippen molar-refractivity contribution in [2.45, 2.75) is 59.3 Å². The van der Waals surface area contributed by atoms with Gasteiger partial charge in [-0.2, -0.15) is 0 Å². The summed E-state index contributed by atoms with van der Waals surface area (Å²) in [5, 5.41) is 0.641. The van der Waals surface area contributed by atoms with E-state index in [1.807, 2.05) is 56.3 Å². The van der Waals surface area contributed by atoms with Gasteiger partial charge in [0.25, 0.3) is 5.91 Å². The predicted molar refractivity (Wildman–Crippen MR) is 141 cm³/mol. The molecule has 0 saturated carbocycles. The number of amidine groups is 1. The Bertz CT molecular complexity index is 1040. The predicted octanol–water partition coefficient (Wildman–Crippen LogP) is 6.76. The first kappa shape index (κ1) is 25.8. The first-order chi connectivity index (χ1) is 16.5. The quantitative estimate of drug-likeness (QED) is 0.247. The fourth-order valence-electron chi connectivity index (χ4n) is 3.67. The molecule has 182 valence electrons. The van der Waals surface area contributed by atoms with E-state index in [2.05, 4.69) is 16.9 Å². The maximum atomic E-state index is 13.0. The standard InChI is InChI=1S/C27H35N3O3S/c1-5-7-8-9-10-11-17-33-22-16-15-21(18-23(22)32-4)19-24-26(31)30(6-2)27(34-24)29-25-14-12-13-20(3)28-25/h12-16,18-19H,5-11,17H2,1-4H3/b24-19-,29-27+. The molecular weight excluding hydrogens is 446 g/mol. The van der Waals surface area contributed by atoms with Crippen molar-refractivity contribution in [3.8, 4) is 11.5 Å². The molecule has 6 nitrogen and oxygen atoms in total. The number of aryl methyl sites for hydroxylation is 1. The number of amides is 1. The van der Waals surface area contributed by atoms with Gasteiger partial charge in [0.2, 0.25) is 0 Å². The molecule has 7 heteroatoms. The van der Waals surface area contributed by atoms with Crippen molar-refractivity contribution in [1.29, 1.82) is 0 Å². The van der Waals surface area contributed by atoms with Gasteiger partial charge in [0.15, 0.2) is 22.5 Å². The second kappa shape index (κ2) is 13.2. The summed E-state index contributed by atoms with van der Waals surface area (Å²) in [6, 6.07) is 11.5. The molecule has 0 atom stereocenters. The highest BCUT2D eigenvalue weighted by atomic mass is 32.2. The van der Waals surface area contributed by atoms with Crippen molar-refractivity contribution in [1.82, 2.24) is 9.88 Å². The zero-order valence-electron chi connectivity index (χ0n) is 20.7. The van der Waals surface area contributed by atoms with Crippen LogP contribution in [0.15, 0.2) is 46.3 Å². The molecule has 0 aliphatic carbocycles. The second-order valence-electron chi connectivity index (χ2n) is 8.22. The molecule has 1 aromatic carbocycles. The lowest BCUT2D eigenvalue weighted by molar-refractivity contribution is -0.122. The second-order valence-corrected chi connectivity index (χ2v) is 9.23. The van der Waals surface area contributed by atoms with Crippen LogP contribution < -0.4 is 9.47 Å². The topological polar surface area (TPSA) is 64.0 Å². The Hall–Kier alpha value is -2.80. The third-order valence-electron chi connectivity index (χ3n) is 5.53. The minimum Gasteiger partial charge on any atom is -0.493 e. The fraction of sp³-hybridized carbons (Fsp3) is 0.444. The van der Waals surface area contributed by atoms with Gasteiger partial charge in [-0.1, -0.05) is 51.2 Å². The first-order valence-corrected chi connectivity index (χ1v) is 12.9. The summed E-state index contributed by atoms with van der Waals surface area (Å²) < 4.78 is 11.5. The molecule has 0 spiro atoms. The molecule has 34 heavy (non-hydrogen) atoms. The van der Waals surface area contributed by atoms with Crippen LogP contribution in [0, 0.1) is 6.92 Å². The number of aromatic nitrogens is 1. The molecule has 1 saturated heterocycles. The molecule has 1 amide bonds. The molecule has 0 radical (unpaired) electrons. The molecule has 1 aromatic heterocycles. The zero-order chi connectivity index (χ0) is 24.3. The number of aliphatic imine (C=N–C) groups is 1. The van der Waals surface area contributed by atoms with Crippen LogP contribution in [0.25, 0.3) is 6.08 Å². The number of rotatable bonds is 12. The van der Waals surface area contributed by atoms with Gasteiger partial charge < -0.3 is 9.47 Å². The summed E-state index contributed by atoms with van der Waals surface area (Å²) in [6.45, 7) is 7.32. The molecule has 1 aliphatic rings. The highest BCUT2D eigenvalue weighted by Crippen LogP contribution is 2.35. The Labute approximate surface area is 207 Å². The van der Waals surface area contributed by atoms with Crippen molar-refractivity contribution in [3.63, 3.8) is 0 Å². The number of unbranched alkanes of at least 4 members (excludes halogenated alkanes) is 5. The maximum absolute atomic E-state index is 13.0. The van der Waals surface area contributed by atoms with E-state index in [1.54, 1.807) is 12.0 Å². The van der Waals surface area contributed by atoms with E-state index in [4.69, 9.17) is 9.47 Å². The molecule has 0 bridgehead atoms. The van der Waals surface area contributed by atoms with Crippen LogP contribution in [0.3, 0.4) is 0 Å². The van der Waals surface area contributed by atoms with Gasteiger partial charge in [-0.15, -0.1) is 0 Å². The fourth-order valence-corrected chi connectivity index (χ4v) is 4.72. The molecule has 0 N–H and O–H groups in total. The minimum atomic E-state index is -0.0544. The van der Waals surface area contributed by atoms with E-state index in [1.165, 1.54) is 43.9 Å². The number of methoxy groups -OCH3 is 1. The Morgan fingerprint density at radius 2 is 1.85 bits per heavy atom. The van der Waals surface area contributed by atoms with Gasteiger partial charge in [-0.05, 0) is 67.9 Å². The van der Waals surface area contributed by atoms with E-state index in [0.717, 1.165) is 23.4 Å². The van der Waals surface area contributed by atoms with Gasteiger partial charge in [-0.3, -0.25) is 9.69 Å². The minimum absolute atomic E-state index is 0.0544. The van der Waals surface area contributed by atoms with Crippen LogP contribution in [0.4, 0.5) is 5.82 Å². The van der Waals surface area contributed by atoms with Gasteiger partial charge in [0, 0.05) is 12.2 Å². The van der Waals surface area contributed by atoms with E-state index < -0.39 is 0 Å². The smallest absolute Gasteiger partial charge is 0.266 e. The summed E-state index contributed by atoms with van der Waals surface area (Å²) in [5.74, 6) is 1.94. The average molecular weight is 482 g/mol. The van der Waals surface area contributed by atoms with Crippen molar-refractivity contribution >= 4 is 34.7 Å². The summed E-state index contributed by atoms with van der Waals surface area (Å²) in [5.41, 5.74) is 1.77. The van der Waals surface area contributed by atoms with Gasteiger partial charge in [0.1, 0.15) is 0 Å². The normalized spacial score (nSPS) is 16.0. The Morgan fingerprint density at radius 3 is 2.59 bits per heavy atom. The number of pyridine rings is 1. The number of thioether (sulfide) groups is 1. The van der Waals surface area contributed by atoms with Crippen LogP contribution in [0.1, 0.15) is 63.6 Å². The lowest BCUT2D eigenvalue weighted by atomic mass is 10.1. The number of nitrogens with zero attached hydrogens (tertiary/aromatic N) is 3. The number of hydrogen-bond acceptors (Lipinski definition) is 6. The summed E-state index contributed by atoms with van der Waals surface area (Å²) >= 11 is 1.36. The third kappa shape index (κ3) is 7.10. The number of ether oxygens (including phenoxy) is 2. The highest BCUT2D eigenvalue weighted by molar-refractivity contribution is 8.18. The maximum Gasteiger partial charge on any atom is 0.266 e. The summed E-state index contributed by atoms with van der Waals surface area (Å²) in [4.78, 5) is 24.3. The number of carbonyl (C=O) groups excluding carboxylic acids is 1. The van der Waals surface area contributed by atoms with Gasteiger partial charge in [0.05, 0.1) is 18.6 Å². The van der Waals surface area contributed by atoms with Crippen molar-refractivity contribution < 1.29 is 14.3 Å². The largest absolute Gasteiger partial charge is 0.493 e. The molecule has 3 rings (SSSR count). The van der Waals surface area contributed by atoms with Crippen LogP contribution in [-0.2, 0) is 4.79 Å². The molecule has 2 heterocycles. The summed E-state index contributed by atoms with van der Waals surface area (Å²) in [6.07, 6.45) is 9.21. The van der Waals surface area contributed by atoms with Gasteiger partial charge in [-0.25, -0.2) is 9.98 Å². The van der Waals surface area contributed by atoms with Gasteiger partial charge >= 0.3 is 0 Å². The number of likely N-dealkylation sites (N-methyl/N-ethyl adjacent to an activating group) is 1. The molecule has 2 aromatic rings. The summed E-state index contributed by atoms with van der Waals surface area (Å²) in [7, 11) is 1.64. The van der Waals surface area contributed by atoms with Crippen LogP contribution in [0.5, 0.6) is 11.5 Å². The Morgan fingerprint density at radius 1 is 1.06 bits per heavy atom.